The smallest absolute Gasteiger partial charge is 0.225 e. The highest BCUT2D eigenvalue weighted by atomic mass is 16.2. The van der Waals surface area contributed by atoms with E-state index >= 15 is 0 Å². The Labute approximate surface area is 152 Å². The number of carbonyl (C=O) groups excluding carboxylic acids is 2. The van der Waals surface area contributed by atoms with Crippen molar-refractivity contribution in [2.45, 2.75) is 77.8 Å². The standard InChI is InChI=1S/C21H32N2O2/c1-20(2,3)16-10-7-15(8-11-16)9-12-18(24)22-17-13-19(25)23(14-17)21(4,5)6/h7-8,10-11,17H,9,12-14H2,1-6H3,(H,22,24). The van der Waals surface area contributed by atoms with E-state index in [-0.39, 0.29) is 28.8 Å². The summed E-state index contributed by atoms with van der Waals surface area (Å²) < 4.78 is 0. The van der Waals surface area contributed by atoms with Gasteiger partial charge in [-0.05, 0) is 43.7 Å². The zero-order valence-corrected chi connectivity index (χ0v) is 16.5. The first-order valence-corrected chi connectivity index (χ1v) is 9.16. The van der Waals surface area contributed by atoms with Gasteiger partial charge < -0.3 is 10.2 Å². The number of rotatable bonds is 4. The Bertz CT molecular complexity index is 621. The molecule has 0 bridgehead atoms. The summed E-state index contributed by atoms with van der Waals surface area (Å²) in [6.45, 7) is 13.3. The van der Waals surface area contributed by atoms with Crippen molar-refractivity contribution in [2.24, 2.45) is 0 Å². The molecule has 1 aromatic rings. The minimum Gasteiger partial charge on any atom is -0.351 e. The van der Waals surface area contributed by atoms with Crippen LogP contribution in [0.4, 0.5) is 0 Å². The van der Waals surface area contributed by atoms with Crippen LogP contribution in [0.1, 0.15) is 65.5 Å². The lowest BCUT2D eigenvalue weighted by atomic mass is 9.86. The van der Waals surface area contributed by atoms with Gasteiger partial charge in [-0.2, -0.15) is 0 Å². The monoisotopic (exact) mass is 344 g/mol. The average Bonchev–Trinajstić information content (AvgIpc) is 2.85. The van der Waals surface area contributed by atoms with Gasteiger partial charge in [0.05, 0.1) is 6.04 Å². The molecule has 1 aromatic carbocycles. The highest BCUT2D eigenvalue weighted by Gasteiger charge is 2.36. The molecular formula is C21H32N2O2. The van der Waals surface area contributed by atoms with E-state index in [1.165, 1.54) is 11.1 Å². The van der Waals surface area contributed by atoms with E-state index in [4.69, 9.17) is 0 Å². The summed E-state index contributed by atoms with van der Waals surface area (Å²) in [6.07, 6.45) is 1.58. The summed E-state index contributed by atoms with van der Waals surface area (Å²) in [6, 6.07) is 8.43. The van der Waals surface area contributed by atoms with E-state index in [0.29, 0.717) is 19.4 Å². The molecule has 4 nitrogen and oxygen atoms in total. The highest BCUT2D eigenvalue weighted by molar-refractivity contribution is 5.82. The highest BCUT2D eigenvalue weighted by Crippen LogP contribution is 2.23. The van der Waals surface area contributed by atoms with Crippen LogP contribution in [0.3, 0.4) is 0 Å². The maximum absolute atomic E-state index is 12.2. The van der Waals surface area contributed by atoms with Gasteiger partial charge in [0, 0.05) is 24.9 Å². The Balaban J connectivity index is 1.83. The summed E-state index contributed by atoms with van der Waals surface area (Å²) in [5.74, 6) is 0.143. The molecule has 1 heterocycles. The van der Waals surface area contributed by atoms with E-state index < -0.39 is 0 Å². The second-order valence-corrected chi connectivity index (χ2v) is 9.09. The second-order valence-electron chi connectivity index (χ2n) is 9.09. The number of hydrogen-bond acceptors (Lipinski definition) is 2. The van der Waals surface area contributed by atoms with Gasteiger partial charge in [0.15, 0.2) is 0 Å². The second kappa shape index (κ2) is 7.19. The lowest BCUT2D eigenvalue weighted by Crippen LogP contribution is -2.44. The lowest BCUT2D eigenvalue weighted by Gasteiger charge is -2.32. The van der Waals surface area contributed by atoms with Crippen LogP contribution in [0.2, 0.25) is 0 Å². The Morgan fingerprint density at radius 3 is 2.20 bits per heavy atom. The molecule has 1 atom stereocenters. The zero-order chi connectivity index (χ0) is 18.8. The number of nitrogens with one attached hydrogen (secondary N) is 1. The Morgan fingerprint density at radius 1 is 1.12 bits per heavy atom. The third-order valence-corrected chi connectivity index (χ3v) is 4.76. The summed E-state index contributed by atoms with van der Waals surface area (Å²) in [7, 11) is 0. The lowest BCUT2D eigenvalue weighted by molar-refractivity contribution is -0.131. The zero-order valence-electron chi connectivity index (χ0n) is 16.5. The number of aryl methyl sites for hydroxylation is 1. The normalized spacial score (nSPS) is 18.6. The van der Waals surface area contributed by atoms with Gasteiger partial charge in [-0.25, -0.2) is 0 Å². The van der Waals surface area contributed by atoms with Crippen LogP contribution < -0.4 is 5.32 Å². The van der Waals surface area contributed by atoms with Crippen molar-refractivity contribution in [3.63, 3.8) is 0 Å². The largest absolute Gasteiger partial charge is 0.351 e. The van der Waals surface area contributed by atoms with E-state index in [1.54, 1.807) is 0 Å². The van der Waals surface area contributed by atoms with Gasteiger partial charge >= 0.3 is 0 Å². The van der Waals surface area contributed by atoms with Gasteiger partial charge in [0.25, 0.3) is 0 Å². The fourth-order valence-corrected chi connectivity index (χ4v) is 3.18. The minimum atomic E-state index is -0.189. The molecule has 138 valence electrons. The molecule has 1 unspecified atom stereocenters. The molecule has 1 N–H and O–H groups in total. The van der Waals surface area contributed by atoms with Crippen molar-refractivity contribution in [1.29, 1.82) is 0 Å². The number of benzene rings is 1. The molecule has 1 aliphatic rings. The fourth-order valence-electron chi connectivity index (χ4n) is 3.18. The Morgan fingerprint density at radius 2 is 1.72 bits per heavy atom. The van der Waals surface area contributed by atoms with Gasteiger partial charge in [-0.15, -0.1) is 0 Å². The molecule has 1 fully saturated rings. The van der Waals surface area contributed by atoms with Crippen LogP contribution in [0.25, 0.3) is 0 Å². The first-order valence-electron chi connectivity index (χ1n) is 9.16. The molecule has 2 amide bonds. The van der Waals surface area contributed by atoms with Crippen LogP contribution in [0, 0.1) is 0 Å². The fraction of sp³-hybridized carbons (Fsp3) is 0.619. The van der Waals surface area contributed by atoms with Crippen molar-refractivity contribution in [3.8, 4) is 0 Å². The van der Waals surface area contributed by atoms with Crippen molar-refractivity contribution < 1.29 is 9.59 Å². The van der Waals surface area contributed by atoms with Gasteiger partial charge in [-0.3, -0.25) is 9.59 Å². The third-order valence-electron chi connectivity index (χ3n) is 4.76. The Hall–Kier alpha value is -1.84. The molecule has 0 spiro atoms. The van der Waals surface area contributed by atoms with Crippen LogP contribution in [0.5, 0.6) is 0 Å². The van der Waals surface area contributed by atoms with Crippen molar-refractivity contribution >= 4 is 11.8 Å². The number of hydrogen-bond donors (Lipinski definition) is 1. The molecule has 1 saturated heterocycles. The van der Waals surface area contributed by atoms with Gasteiger partial charge in [0.1, 0.15) is 0 Å². The van der Waals surface area contributed by atoms with Gasteiger partial charge in [-0.1, -0.05) is 45.0 Å². The average molecular weight is 344 g/mol. The summed E-state index contributed by atoms with van der Waals surface area (Å²) >= 11 is 0. The third kappa shape index (κ3) is 5.32. The molecule has 0 aromatic heterocycles. The predicted octanol–water partition coefficient (Wildman–Crippen LogP) is 3.43. The molecule has 4 heteroatoms. The summed E-state index contributed by atoms with van der Waals surface area (Å²) in [5, 5.41) is 3.02. The maximum Gasteiger partial charge on any atom is 0.225 e. The van der Waals surface area contributed by atoms with E-state index in [2.05, 4.69) is 50.4 Å². The number of nitrogens with zero attached hydrogens (tertiary/aromatic N) is 1. The molecular weight excluding hydrogens is 312 g/mol. The van der Waals surface area contributed by atoms with Crippen molar-refractivity contribution in [1.82, 2.24) is 10.2 Å². The number of carbonyl (C=O) groups is 2. The van der Waals surface area contributed by atoms with Crippen LogP contribution in [0.15, 0.2) is 24.3 Å². The molecule has 0 saturated carbocycles. The van der Waals surface area contributed by atoms with Crippen molar-refractivity contribution in [3.05, 3.63) is 35.4 Å². The van der Waals surface area contributed by atoms with Crippen LogP contribution in [-0.2, 0) is 21.4 Å². The maximum atomic E-state index is 12.2. The summed E-state index contributed by atoms with van der Waals surface area (Å²) in [5.41, 5.74) is 2.42. The van der Waals surface area contributed by atoms with Crippen LogP contribution in [-0.4, -0.2) is 34.8 Å². The summed E-state index contributed by atoms with van der Waals surface area (Å²) in [4.78, 5) is 26.2. The van der Waals surface area contributed by atoms with E-state index in [1.807, 2.05) is 25.7 Å². The number of amides is 2. The van der Waals surface area contributed by atoms with E-state index in [0.717, 1.165) is 6.42 Å². The van der Waals surface area contributed by atoms with E-state index in [9.17, 15) is 9.59 Å². The molecule has 1 aliphatic heterocycles. The molecule has 25 heavy (non-hydrogen) atoms. The first kappa shape index (κ1) is 19.5. The van der Waals surface area contributed by atoms with Gasteiger partial charge in [0.2, 0.25) is 11.8 Å². The molecule has 0 aliphatic carbocycles. The molecule has 2 rings (SSSR count). The number of likely N-dealkylation sites (tertiary alicyclic amines) is 1. The van der Waals surface area contributed by atoms with Crippen LogP contribution >= 0.6 is 0 Å². The quantitative estimate of drug-likeness (QED) is 0.910. The minimum absolute atomic E-state index is 0.0217. The first-order chi connectivity index (χ1) is 11.5. The topological polar surface area (TPSA) is 49.4 Å². The SMILES string of the molecule is CC(C)(C)c1ccc(CCC(=O)NC2CC(=O)N(C(C)(C)C)C2)cc1. The predicted molar refractivity (Wildman–Crippen MR) is 101 cm³/mol. The molecule has 0 radical (unpaired) electrons. The van der Waals surface area contributed by atoms with Crippen molar-refractivity contribution in [2.75, 3.05) is 6.54 Å². The Kier molecular flexibility index (Phi) is 5.60.